The molecule has 0 bridgehead atoms. The number of rotatable bonds is 4. The third-order valence-corrected chi connectivity index (χ3v) is 2.58. The minimum atomic E-state index is 0.0897. The lowest BCUT2D eigenvalue weighted by Gasteiger charge is -2.18. The monoisotopic (exact) mass is 247 g/mol. The first kappa shape index (κ1) is 12.2. The number of carbonyl (C=O) groups is 1. The summed E-state index contributed by atoms with van der Waals surface area (Å²) in [5, 5.41) is 0.179. The molecule has 1 aromatic heterocycles. The highest BCUT2D eigenvalue weighted by molar-refractivity contribution is 6.37. The van der Waals surface area contributed by atoms with Gasteiger partial charge in [-0.05, 0) is 13.8 Å². The van der Waals surface area contributed by atoms with Crippen LogP contribution >= 0.6 is 23.2 Å². The van der Waals surface area contributed by atoms with Gasteiger partial charge in [-0.1, -0.05) is 23.2 Å². The van der Waals surface area contributed by atoms with Gasteiger partial charge in [0.2, 0.25) is 5.95 Å². The summed E-state index contributed by atoms with van der Waals surface area (Å²) in [5.74, 6) is 0.445. The van der Waals surface area contributed by atoms with Crippen LogP contribution in [0.25, 0.3) is 0 Å². The van der Waals surface area contributed by atoms with E-state index >= 15 is 0 Å². The Morgan fingerprint density at radius 2 is 1.67 bits per heavy atom. The van der Waals surface area contributed by atoms with Crippen LogP contribution in [-0.2, 0) is 0 Å². The van der Waals surface area contributed by atoms with Gasteiger partial charge in [0.15, 0.2) is 6.29 Å². The molecule has 0 saturated heterocycles. The van der Waals surface area contributed by atoms with Gasteiger partial charge in [-0.3, -0.25) is 4.79 Å². The van der Waals surface area contributed by atoms with E-state index < -0.39 is 0 Å². The normalized spacial score (nSPS) is 10.1. The molecule has 82 valence electrons. The number of nitrogens with zero attached hydrogens (tertiary/aromatic N) is 3. The van der Waals surface area contributed by atoms with Crippen LogP contribution in [0.3, 0.4) is 0 Å². The van der Waals surface area contributed by atoms with Crippen molar-refractivity contribution in [2.75, 3.05) is 18.0 Å². The van der Waals surface area contributed by atoms with E-state index in [0.717, 1.165) is 13.1 Å². The van der Waals surface area contributed by atoms with E-state index in [1.807, 2.05) is 18.7 Å². The van der Waals surface area contributed by atoms with Crippen molar-refractivity contribution in [1.29, 1.82) is 0 Å². The molecule has 0 aliphatic rings. The molecule has 6 heteroatoms. The van der Waals surface area contributed by atoms with Gasteiger partial charge >= 0.3 is 0 Å². The summed E-state index contributed by atoms with van der Waals surface area (Å²) in [6.45, 7) is 5.46. The Kier molecular flexibility index (Phi) is 4.29. The Labute approximate surface area is 98.2 Å². The average Bonchev–Trinajstić information content (AvgIpc) is 2.19. The van der Waals surface area contributed by atoms with Crippen molar-refractivity contribution < 1.29 is 4.79 Å². The van der Waals surface area contributed by atoms with Crippen LogP contribution in [0.5, 0.6) is 0 Å². The maximum atomic E-state index is 10.6. The summed E-state index contributed by atoms with van der Waals surface area (Å²) in [6.07, 6.45) is 0.552. The first-order valence-electron chi connectivity index (χ1n) is 4.57. The standard InChI is InChI=1S/C9H11Cl2N3O/c1-3-14(4-2)9-12-7(10)6(5-15)8(11)13-9/h5H,3-4H2,1-2H3. The van der Waals surface area contributed by atoms with E-state index in [0.29, 0.717) is 12.2 Å². The van der Waals surface area contributed by atoms with Crippen molar-refractivity contribution >= 4 is 35.4 Å². The number of carbonyl (C=O) groups excluding carboxylic acids is 1. The van der Waals surface area contributed by atoms with Gasteiger partial charge in [-0.2, -0.15) is 0 Å². The smallest absolute Gasteiger partial charge is 0.228 e. The fourth-order valence-corrected chi connectivity index (χ4v) is 1.62. The predicted molar refractivity (Wildman–Crippen MR) is 61.0 cm³/mol. The summed E-state index contributed by atoms with van der Waals surface area (Å²) < 4.78 is 0. The summed E-state index contributed by atoms with van der Waals surface area (Å²) in [6, 6.07) is 0. The number of aromatic nitrogens is 2. The Morgan fingerprint density at radius 3 is 2.00 bits per heavy atom. The first-order chi connectivity index (χ1) is 7.13. The number of aldehydes is 1. The van der Waals surface area contributed by atoms with E-state index in [1.165, 1.54) is 0 Å². The minimum absolute atomic E-state index is 0.0897. The third-order valence-electron chi connectivity index (χ3n) is 2.00. The Balaban J connectivity index is 3.18. The number of hydrogen-bond acceptors (Lipinski definition) is 4. The second-order valence-corrected chi connectivity index (χ2v) is 3.53. The molecule has 0 N–H and O–H groups in total. The molecule has 1 rings (SSSR count). The van der Waals surface area contributed by atoms with Gasteiger partial charge in [0.1, 0.15) is 10.3 Å². The van der Waals surface area contributed by atoms with Crippen molar-refractivity contribution in [3.05, 3.63) is 15.9 Å². The second-order valence-electron chi connectivity index (χ2n) is 2.81. The molecular weight excluding hydrogens is 237 g/mol. The maximum Gasteiger partial charge on any atom is 0.228 e. The van der Waals surface area contributed by atoms with E-state index in [9.17, 15) is 4.79 Å². The van der Waals surface area contributed by atoms with Crippen LogP contribution in [0, 0.1) is 0 Å². The van der Waals surface area contributed by atoms with E-state index in [1.54, 1.807) is 0 Å². The summed E-state index contributed by atoms with van der Waals surface area (Å²) >= 11 is 11.6. The lowest BCUT2D eigenvalue weighted by atomic mass is 10.4. The maximum absolute atomic E-state index is 10.6. The molecule has 0 atom stereocenters. The summed E-state index contributed by atoms with van der Waals surface area (Å²) in [7, 11) is 0. The topological polar surface area (TPSA) is 46.1 Å². The molecule has 0 aliphatic carbocycles. The lowest BCUT2D eigenvalue weighted by molar-refractivity contribution is 0.112. The molecular formula is C9H11Cl2N3O. The average molecular weight is 248 g/mol. The zero-order valence-corrected chi connectivity index (χ0v) is 10.0. The molecule has 0 fully saturated rings. The molecule has 0 amide bonds. The van der Waals surface area contributed by atoms with E-state index in [-0.39, 0.29) is 15.9 Å². The predicted octanol–water partition coefficient (Wildman–Crippen LogP) is 2.44. The molecule has 0 unspecified atom stereocenters. The molecule has 1 heterocycles. The Hall–Kier alpha value is -0.870. The first-order valence-corrected chi connectivity index (χ1v) is 5.32. The van der Waals surface area contributed by atoms with Crippen molar-refractivity contribution in [3.63, 3.8) is 0 Å². The van der Waals surface area contributed by atoms with Crippen molar-refractivity contribution in [1.82, 2.24) is 9.97 Å². The highest BCUT2D eigenvalue weighted by atomic mass is 35.5. The molecule has 0 aliphatic heterocycles. The molecule has 1 aromatic rings. The van der Waals surface area contributed by atoms with Crippen molar-refractivity contribution in [3.8, 4) is 0 Å². The van der Waals surface area contributed by atoms with Crippen molar-refractivity contribution in [2.45, 2.75) is 13.8 Å². The zero-order chi connectivity index (χ0) is 11.4. The molecule has 0 saturated carbocycles. The van der Waals surface area contributed by atoms with Gasteiger partial charge in [0.25, 0.3) is 0 Å². The highest BCUT2D eigenvalue weighted by Crippen LogP contribution is 2.22. The van der Waals surface area contributed by atoms with Crippen LogP contribution in [0.2, 0.25) is 10.3 Å². The number of hydrogen-bond donors (Lipinski definition) is 0. The molecule has 0 spiro atoms. The van der Waals surface area contributed by atoms with Gasteiger partial charge in [0.05, 0.1) is 5.56 Å². The third kappa shape index (κ3) is 2.58. The van der Waals surface area contributed by atoms with Crippen LogP contribution in [0.1, 0.15) is 24.2 Å². The quantitative estimate of drug-likeness (QED) is 0.606. The second kappa shape index (κ2) is 5.28. The largest absolute Gasteiger partial charge is 0.341 e. The molecule has 15 heavy (non-hydrogen) atoms. The van der Waals surface area contributed by atoms with Gasteiger partial charge in [0, 0.05) is 13.1 Å². The number of halogens is 2. The van der Waals surface area contributed by atoms with Crippen LogP contribution in [0.4, 0.5) is 5.95 Å². The Morgan fingerprint density at radius 1 is 1.20 bits per heavy atom. The number of anilines is 1. The summed E-state index contributed by atoms with van der Waals surface area (Å²) in [5.41, 5.74) is 0.134. The SMILES string of the molecule is CCN(CC)c1nc(Cl)c(C=O)c(Cl)n1. The molecule has 4 nitrogen and oxygen atoms in total. The Bertz CT molecular complexity index is 343. The van der Waals surface area contributed by atoms with Gasteiger partial charge in [-0.15, -0.1) is 0 Å². The van der Waals surface area contributed by atoms with Crippen LogP contribution in [-0.4, -0.2) is 29.3 Å². The van der Waals surface area contributed by atoms with E-state index in [4.69, 9.17) is 23.2 Å². The van der Waals surface area contributed by atoms with Crippen molar-refractivity contribution in [2.24, 2.45) is 0 Å². The van der Waals surface area contributed by atoms with E-state index in [2.05, 4.69) is 9.97 Å². The zero-order valence-electron chi connectivity index (χ0n) is 8.50. The molecule has 0 aromatic carbocycles. The molecule has 0 radical (unpaired) electrons. The fourth-order valence-electron chi connectivity index (χ4n) is 1.15. The highest BCUT2D eigenvalue weighted by Gasteiger charge is 2.13. The minimum Gasteiger partial charge on any atom is -0.341 e. The van der Waals surface area contributed by atoms with Crippen LogP contribution < -0.4 is 4.90 Å². The summed E-state index contributed by atoms with van der Waals surface area (Å²) in [4.78, 5) is 20.5. The van der Waals surface area contributed by atoms with Crippen LogP contribution in [0.15, 0.2) is 0 Å². The van der Waals surface area contributed by atoms with Gasteiger partial charge in [-0.25, -0.2) is 9.97 Å². The lowest BCUT2D eigenvalue weighted by Crippen LogP contribution is -2.24. The van der Waals surface area contributed by atoms with Gasteiger partial charge < -0.3 is 4.90 Å². The fraction of sp³-hybridized carbons (Fsp3) is 0.444.